The molecule has 0 saturated carbocycles. The second-order valence-electron chi connectivity index (χ2n) is 6.79. The van der Waals surface area contributed by atoms with E-state index in [9.17, 15) is 4.79 Å². The summed E-state index contributed by atoms with van der Waals surface area (Å²) in [5.74, 6) is 0.855. The maximum Gasteiger partial charge on any atom is 0.257 e. The molecule has 8 heteroatoms. The molecule has 3 aromatic rings. The van der Waals surface area contributed by atoms with Crippen molar-refractivity contribution in [3.8, 4) is 5.75 Å². The van der Waals surface area contributed by atoms with Crippen molar-refractivity contribution < 1.29 is 9.53 Å². The van der Waals surface area contributed by atoms with Gasteiger partial charge in [0, 0.05) is 39.4 Å². The van der Waals surface area contributed by atoms with Gasteiger partial charge in [-0.2, -0.15) is 5.10 Å². The number of hydrogen-bond donors (Lipinski definition) is 0. The van der Waals surface area contributed by atoms with Crippen LogP contribution in [0.15, 0.2) is 24.5 Å². The Balaban J connectivity index is 1.54. The largest absolute Gasteiger partial charge is 0.494 e. The van der Waals surface area contributed by atoms with Gasteiger partial charge in [0.05, 0.1) is 23.6 Å². The predicted molar refractivity (Wildman–Crippen MR) is 107 cm³/mol. The molecule has 142 valence electrons. The Kier molecular flexibility index (Phi) is 4.73. The topological polar surface area (TPSA) is 63.5 Å². The number of fused-ring (bicyclic) bond motifs is 1. The van der Waals surface area contributed by atoms with Gasteiger partial charge in [0.2, 0.25) is 0 Å². The van der Waals surface area contributed by atoms with Gasteiger partial charge in [-0.25, -0.2) is 4.98 Å². The number of aryl methyl sites for hydroxylation is 2. The van der Waals surface area contributed by atoms with Gasteiger partial charge in [0.15, 0.2) is 5.13 Å². The highest BCUT2D eigenvalue weighted by Crippen LogP contribution is 2.36. The fourth-order valence-electron chi connectivity index (χ4n) is 3.42. The normalized spacial score (nSPS) is 15.2. The zero-order valence-corrected chi connectivity index (χ0v) is 16.6. The zero-order chi connectivity index (χ0) is 19.0. The number of aromatic nitrogens is 3. The molecule has 2 aromatic heterocycles. The van der Waals surface area contributed by atoms with Crippen LogP contribution in [0.2, 0.25) is 0 Å². The van der Waals surface area contributed by atoms with Gasteiger partial charge in [-0.3, -0.25) is 9.48 Å². The molecule has 1 aliphatic rings. The van der Waals surface area contributed by atoms with Gasteiger partial charge in [-0.05, 0) is 25.0 Å². The Labute approximate surface area is 162 Å². The van der Waals surface area contributed by atoms with Gasteiger partial charge in [0.25, 0.3) is 5.91 Å². The molecule has 0 unspecified atom stereocenters. The van der Waals surface area contributed by atoms with E-state index in [-0.39, 0.29) is 5.91 Å². The summed E-state index contributed by atoms with van der Waals surface area (Å²) in [6.07, 6.45) is 4.32. The predicted octanol–water partition coefficient (Wildman–Crippen LogP) is 2.70. The van der Waals surface area contributed by atoms with Crippen molar-refractivity contribution in [2.24, 2.45) is 7.05 Å². The van der Waals surface area contributed by atoms with E-state index in [4.69, 9.17) is 9.72 Å². The molecule has 0 bridgehead atoms. The molecule has 0 spiro atoms. The lowest BCUT2D eigenvalue weighted by atomic mass is 10.2. The molecule has 4 rings (SSSR count). The van der Waals surface area contributed by atoms with E-state index in [0.29, 0.717) is 12.1 Å². The van der Waals surface area contributed by atoms with Crippen molar-refractivity contribution in [2.75, 3.05) is 38.2 Å². The lowest BCUT2D eigenvalue weighted by molar-refractivity contribution is 0.0767. The van der Waals surface area contributed by atoms with Crippen LogP contribution in [0.3, 0.4) is 0 Å². The average molecular weight is 385 g/mol. The molecule has 0 N–H and O–H groups in total. The maximum atomic E-state index is 12.7. The SMILES string of the molecule is COc1ccc(C)c2sc(N3CCCN(C(=O)c4cnn(C)c4)CC3)nc12. The Morgan fingerprint density at radius 2 is 2.07 bits per heavy atom. The molecule has 0 atom stereocenters. The zero-order valence-electron chi connectivity index (χ0n) is 15.8. The third-order valence-electron chi connectivity index (χ3n) is 4.92. The number of rotatable bonds is 3. The number of anilines is 1. The number of methoxy groups -OCH3 is 1. The minimum absolute atomic E-state index is 0.0479. The van der Waals surface area contributed by atoms with E-state index in [2.05, 4.69) is 23.0 Å². The van der Waals surface area contributed by atoms with Gasteiger partial charge in [-0.15, -0.1) is 0 Å². The highest BCUT2D eigenvalue weighted by molar-refractivity contribution is 7.22. The van der Waals surface area contributed by atoms with Crippen LogP contribution in [-0.4, -0.2) is 58.9 Å². The van der Waals surface area contributed by atoms with Crippen LogP contribution in [0, 0.1) is 6.92 Å². The van der Waals surface area contributed by atoms with Gasteiger partial charge >= 0.3 is 0 Å². The monoisotopic (exact) mass is 385 g/mol. The number of nitrogens with zero attached hydrogens (tertiary/aromatic N) is 5. The average Bonchev–Trinajstić information content (AvgIpc) is 3.22. The molecule has 1 aromatic carbocycles. The van der Waals surface area contributed by atoms with E-state index in [0.717, 1.165) is 47.2 Å². The van der Waals surface area contributed by atoms with E-state index in [1.807, 2.05) is 18.0 Å². The Hall–Kier alpha value is -2.61. The molecule has 7 nitrogen and oxygen atoms in total. The highest BCUT2D eigenvalue weighted by Gasteiger charge is 2.23. The highest BCUT2D eigenvalue weighted by atomic mass is 32.1. The van der Waals surface area contributed by atoms with E-state index >= 15 is 0 Å². The second-order valence-corrected chi connectivity index (χ2v) is 7.77. The van der Waals surface area contributed by atoms with Gasteiger partial charge in [-0.1, -0.05) is 17.4 Å². The molecular formula is C19H23N5O2S. The van der Waals surface area contributed by atoms with Crippen LogP contribution in [0.5, 0.6) is 5.75 Å². The second kappa shape index (κ2) is 7.19. The first kappa shape index (κ1) is 17.8. The van der Waals surface area contributed by atoms with Crippen LogP contribution in [0.25, 0.3) is 10.2 Å². The molecule has 1 saturated heterocycles. The minimum atomic E-state index is 0.0479. The van der Waals surface area contributed by atoms with Gasteiger partial charge in [0.1, 0.15) is 11.3 Å². The number of benzene rings is 1. The molecule has 1 aliphatic heterocycles. The van der Waals surface area contributed by atoms with Crippen molar-refractivity contribution in [1.82, 2.24) is 19.7 Å². The summed E-state index contributed by atoms with van der Waals surface area (Å²) < 4.78 is 8.30. The lowest BCUT2D eigenvalue weighted by Crippen LogP contribution is -2.35. The van der Waals surface area contributed by atoms with Crippen LogP contribution in [0.4, 0.5) is 5.13 Å². The summed E-state index contributed by atoms with van der Waals surface area (Å²) in [5, 5.41) is 5.10. The summed E-state index contributed by atoms with van der Waals surface area (Å²) in [5.41, 5.74) is 2.77. The molecule has 1 fully saturated rings. The summed E-state index contributed by atoms with van der Waals surface area (Å²) in [4.78, 5) is 21.7. The van der Waals surface area contributed by atoms with Crippen LogP contribution < -0.4 is 9.64 Å². The number of carbonyl (C=O) groups excluding carboxylic acids is 1. The van der Waals surface area contributed by atoms with Crippen molar-refractivity contribution in [3.05, 3.63) is 35.7 Å². The Morgan fingerprint density at radius 3 is 2.81 bits per heavy atom. The maximum absolute atomic E-state index is 12.7. The first-order valence-corrected chi connectivity index (χ1v) is 9.85. The standard InChI is InChI=1S/C19H23N5O2S/c1-13-5-6-15(26-3)16-17(13)27-19(21-16)24-8-4-7-23(9-10-24)18(25)14-11-20-22(2)12-14/h5-6,11-12H,4,7-10H2,1-3H3. The van der Waals surface area contributed by atoms with E-state index in [1.165, 1.54) is 5.56 Å². The first-order valence-electron chi connectivity index (χ1n) is 9.04. The number of amides is 1. The van der Waals surface area contributed by atoms with E-state index in [1.54, 1.807) is 35.5 Å². The summed E-state index contributed by atoms with van der Waals surface area (Å²) in [7, 11) is 3.50. The fraction of sp³-hybridized carbons (Fsp3) is 0.421. The van der Waals surface area contributed by atoms with Crippen LogP contribution >= 0.6 is 11.3 Å². The third kappa shape index (κ3) is 3.37. The molecule has 0 radical (unpaired) electrons. The van der Waals surface area contributed by atoms with Crippen molar-refractivity contribution >= 4 is 32.6 Å². The summed E-state index contributed by atoms with van der Waals surface area (Å²) in [6.45, 7) is 5.18. The smallest absolute Gasteiger partial charge is 0.257 e. The Morgan fingerprint density at radius 1 is 1.22 bits per heavy atom. The molecule has 3 heterocycles. The number of thiazole rings is 1. The van der Waals surface area contributed by atoms with Gasteiger partial charge < -0.3 is 14.5 Å². The molecule has 0 aliphatic carbocycles. The molecule has 27 heavy (non-hydrogen) atoms. The summed E-state index contributed by atoms with van der Waals surface area (Å²) >= 11 is 1.70. The number of carbonyl (C=O) groups is 1. The lowest BCUT2D eigenvalue weighted by Gasteiger charge is -2.21. The summed E-state index contributed by atoms with van der Waals surface area (Å²) in [6, 6.07) is 4.04. The third-order valence-corrected chi connectivity index (χ3v) is 6.17. The van der Waals surface area contributed by atoms with Crippen LogP contribution in [-0.2, 0) is 7.05 Å². The minimum Gasteiger partial charge on any atom is -0.494 e. The first-order chi connectivity index (χ1) is 13.1. The van der Waals surface area contributed by atoms with Crippen molar-refractivity contribution in [1.29, 1.82) is 0 Å². The van der Waals surface area contributed by atoms with Crippen molar-refractivity contribution in [2.45, 2.75) is 13.3 Å². The molecule has 1 amide bonds. The quantitative estimate of drug-likeness (QED) is 0.694. The number of hydrogen-bond acceptors (Lipinski definition) is 6. The fourth-order valence-corrected chi connectivity index (χ4v) is 4.53. The number of ether oxygens (including phenoxy) is 1. The Bertz CT molecular complexity index is 980. The van der Waals surface area contributed by atoms with E-state index < -0.39 is 0 Å². The van der Waals surface area contributed by atoms with Crippen LogP contribution in [0.1, 0.15) is 22.3 Å². The van der Waals surface area contributed by atoms with Crippen molar-refractivity contribution in [3.63, 3.8) is 0 Å². The molecular weight excluding hydrogens is 362 g/mol.